The van der Waals surface area contributed by atoms with Gasteiger partial charge in [0.05, 0.1) is 10.9 Å². The van der Waals surface area contributed by atoms with Crippen LogP contribution in [-0.4, -0.2) is 51.9 Å². The van der Waals surface area contributed by atoms with Crippen LogP contribution in [0.25, 0.3) is 27.8 Å². The Labute approximate surface area is 202 Å². The van der Waals surface area contributed by atoms with Gasteiger partial charge in [0.2, 0.25) is 0 Å². The molecule has 0 radical (unpaired) electrons. The Kier molecular flexibility index (Phi) is 9.95. The summed E-state index contributed by atoms with van der Waals surface area (Å²) in [6, 6.07) is 12.9. The number of para-hydroxylation sites is 1. The molecule has 1 aliphatic rings. The van der Waals surface area contributed by atoms with Crippen LogP contribution in [0.1, 0.15) is 7.43 Å². The summed E-state index contributed by atoms with van der Waals surface area (Å²) in [5.74, 6) is -1.50. The lowest BCUT2D eigenvalue weighted by Crippen LogP contribution is -2.43. The van der Waals surface area contributed by atoms with Gasteiger partial charge in [0.15, 0.2) is 11.6 Å². The highest BCUT2D eigenvalue weighted by Gasteiger charge is 2.21. The number of hydrogen-bond donors (Lipinski definition) is 2. The van der Waals surface area contributed by atoms with Crippen LogP contribution in [0.15, 0.2) is 59.5 Å². The summed E-state index contributed by atoms with van der Waals surface area (Å²) < 4.78 is 30.0. The fourth-order valence-electron chi connectivity index (χ4n) is 3.89. The van der Waals surface area contributed by atoms with Crippen LogP contribution < -0.4 is 15.8 Å². The Bertz CT molecular complexity index is 1270. The lowest BCUT2D eigenvalue weighted by Gasteiger charge is -2.29. The molecular formula is C23H29F2N5O3S. The minimum atomic E-state index is -0.750. The van der Waals surface area contributed by atoms with Gasteiger partial charge in [-0.1, -0.05) is 25.6 Å². The number of aromatic nitrogens is 3. The fourth-order valence-corrected chi connectivity index (χ4v) is 3.89. The highest BCUT2D eigenvalue weighted by Crippen LogP contribution is 2.30. The van der Waals surface area contributed by atoms with E-state index in [1.165, 1.54) is 24.4 Å². The molecule has 0 aliphatic carbocycles. The highest BCUT2D eigenvalue weighted by atomic mass is 32.1. The molecule has 2 aromatic heterocycles. The molecule has 6 N–H and O–H groups in total. The fraction of sp³-hybridized carbons (Fsp3) is 0.217. The molecule has 2 aromatic carbocycles. The van der Waals surface area contributed by atoms with E-state index in [2.05, 4.69) is 20.3 Å². The van der Waals surface area contributed by atoms with E-state index in [1.54, 1.807) is 6.07 Å². The standard InChI is InChI=1S/C22H19F2N5O.CH4.2H2O.H2S/c23-16-2-1-3-17(24)21(16)29-18-8-9-26-22(30)19(18)20(27-29)14-4-6-15(7-5-14)28-12-10-25-11-13-28;;;;/h1-9,25H,10-13H2,(H,26,30);1H4;3*1H2. The molecule has 1 fully saturated rings. The number of fused-ring (bicyclic) bond motifs is 1. The van der Waals surface area contributed by atoms with Gasteiger partial charge in [0, 0.05) is 43.6 Å². The third kappa shape index (κ3) is 4.97. The maximum absolute atomic E-state index is 14.4. The first-order valence-corrected chi connectivity index (χ1v) is 9.74. The molecule has 0 bridgehead atoms. The van der Waals surface area contributed by atoms with Gasteiger partial charge >= 0.3 is 0 Å². The zero-order valence-electron chi connectivity index (χ0n) is 17.5. The first-order valence-electron chi connectivity index (χ1n) is 9.74. The van der Waals surface area contributed by atoms with Crippen molar-refractivity contribution in [1.82, 2.24) is 20.1 Å². The van der Waals surface area contributed by atoms with E-state index in [0.29, 0.717) is 16.8 Å². The summed E-state index contributed by atoms with van der Waals surface area (Å²) in [7, 11) is 0. The third-order valence-electron chi connectivity index (χ3n) is 5.38. The molecule has 0 saturated carbocycles. The number of nitrogens with one attached hydrogen (secondary N) is 2. The van der Waals surface area contributed by atoms with Crippen molar-refractivity contribution in [2.75, 3.05) is 31.1 Å². The Morgan fingerprint density at radius 1 is 0.912 bits per heavy atom. The van der Waals surface area contributed by atoms with Gasteiger partial charge in [0.1, 0.15) is 11.4 Å². The zero-order valence-corrected chi connectivity index (χ0v) is 18.5. The topological polar surface area (TPSA) is 129 Å². The maximum Gasteiger partial charge on any atom is 0.259 e. The number of piperazine rings is 1. The number of benzene rings is 2. The van der Waals surface area contributed by atoms with Gasteiger partial charge in [-0.05, 0) is 30.3 Å². The number of pyridine rings is 1. The number of nitrogens with zero attached hydrogens (tertiary/aromatic N) is 3. The number of rotatable bonds is 3. The molecule has 0 unspecified atom stereocenters. The third-order valence-corrected chi connectivity index (χ3v) is 5.38. The second-order valence-corrected chi connectivity index (χ2v) is 7.18. The quantitative estimate of drug-likeness (QED) is 0.453. The first-order chi connectivity index (χ1) is 14.6. The normalized spacial score (nSPS) is 12.7. The molecule has 4 aromatic rings. The summed E-state index contributed by atoms with van der Waals surface area (Å²) in [5, 5.41) is 8.06. The molecule has 184 valence electrons. The molecule has 0 atom stereocenters. The summed E-state index contributed by atoms with van der Waals surface area (Å²) in [5.41, 5.74) is 1.82. The Morgan fingerprint density at radius 2 is 1.53 bits per heavy atom. The SMILES string of the molecule is C.O.O.O=c1[nH]ccc2c1c(-c1ccc(N3CCNCC3)cc1)nn2-c1c(F)cccc1F.S. The van der Waals surface area contributed by atoms with Gasteiger partial charge in [-0.2, -0.15) is 18.6 Å². The molecule has 3 heterocycles. The van der Waals surface area contributed by atoms with Crippen molar-refractivity contribution in [3.05, 3.63) is 76.7 Å². The average molecular weight is 494 g/mol. The Hall–Kier alpha value is -3.25. The lowest BCUT2D eigenvalue weighted by atomic mass is 10.1. The van der Waals surface area contributed by atoms with Crippen molar-refractivity contribution in [3.8, 4) is 16.9 Å². The summed E-state index contributed by atoms with van der Waals surface area (Å²) >= 11 is 0. The molecule has 5 rings (SSSR count). The second-order valence-electron chi connectivity index (χ2n) is 7.18. The van der Waals surface area contributed by atoms with Crippen LogP contribution >= 0.6 is 13.5 Å². The smallest absolute Gasteiger partial charge is 0.259 e. The maximum atomic E-state index is 14.4. The molecule has 11 heteroatoms. The largest absolute Gasteiger partial charge is 0.412 e. The summed E-state index contributed by atoms with van der Waals surface area (Å²) in [6.07, 6.45) is 1.44. The van der Waals surface area contributed by atoms with Crippen molar-refractivity contribution in [2.24, 2.45) is 0 Å². The molecule has 34 heavy (non-hydrogen) atoms. The van der Waals surface area contributed by atoms with Crippen LogP contribution in [-0.2, 0) is 0 Å². The second kappa shape index (κ2) is 11.7. The zero-order chi connectivity index (χ0) is 20.7. The lowest BCUT2D eigenvalue weighted by molar-refractivity contribution is 0.563. The van der Waals surface area contributed by atoms with E-state index in [1.807, 2.05) is 24.3 Å². The van der Waals surface area contributed by atoms with E-state index in [9.17, 15) is 13.6 Å². The van der Waals surface area contributed by atoms with Crippen LogP contribution in [0.5, 0.6) is 0 Å². The van der Waals surface area contributed by atoms with E-state index < -0.39 is 11.6 Å². The predicted octanol–water partition coefficient (Wildman–Crippen LogP) is 2.17. The Morgan fingerprint density at radius 3 is 2.15 bits per heavy atom. The van der Waals surface area contributed by atoms with Gasteiger partial charge in [-0.3, -0.25) is 4.79 Å². The minimum absolute atomic E-state index is 0. The van der Waals surface area contributed by atoms with E-state index in [4.69, 9.17) is 0 Å². The number of anilines is 1. The molecule has 1 aliphatic heterocycles. The van der Waals surface area contributed by atoms with E-state index in [-0.39, 0.29) is 48.5 Å². The molecule has 8 nitrogen and oxygen atoms in total. The number of hydrogen-bond acceptors (Lipinski definition) is 4. The van der Waals surface area contributed by atoms with Crippen molar-refractivity contribution >= 4 is 30.1 Å². The summed E-state index contributed by atoms with van der Waals surface area (Å²) in [4.78, 5) is 17.5. The highest BCUT2D eigenvalue weighted by molar-refractivity contribution is 7.59. The van der Waals surface area contributed by atoms with Gasteiger partial charge < -0.3 is 26.2 Å². The van der Waals surface area contributed by atoms with Crippen LogP contribution in [0, 0.1) is 11.6 Å². The minimum Gasteiger partial charge on any atom is -0.412 e. The first kappa shape index (κ1) is 28.8. The van der Waals surface area contributed by atoms with Crippen LogP contribution in [0.4, 0.5) is 14.5 Å². The van der Waals surface area contributed by atoms with Crippen LogP contribution in [0.3, 0.4) is 0 Å². The molecule has 0 amide bonds. The van der Waals surface area contributed by atoms with Gasteiger partial charge in [-0.15, -0.1) is 0 Å². The van der Waals surface area contributed by atoms with Gasteiger partial charge in [0.25, 0.3) is 5.56 Å². The van der Waals surface area contributed by atoms with Crippen molar-refractivity contribution in [1.29, 1.82) is 0 Å². The predicted molar refractivity (Wildman–Crippen MR) is 136 cm³/mol. The number of H-pyrrole nitrogens is 1. The average Bonchev–Trinajstić information content (AvgIpc) is 3.15. The molecule has 0 spiro atoms. The van der Waals surface area contributed by atoms with Crippen molar-refractivity contribution in [2.45, 2.75) is 7.43 Å². The van der Waals surface area contributed by atoms with E-state index >= 15 is 0 Å². The molecular weight excluding hydrogens is 464 g/mol. The number of aromatic amines is 1. The van der Waals surface area contributed by atoms with Crippen molar-refractivity contribution in [3.63, 3.8) is 0 Å². The Balaban J connectivity index is 0.00000144. The van der Waals surface area contributed by atoms with Crippen molar-refractivity contribution < 1.29 is 19.7 Å². The van der Waals surface area contributed by atoms with E-state index in [0.717, 1.165) is 36.5 Å². The van der Waals surface area contributed by atoms with Crippen LogP contribution in [0.2, 0.25) is 0 Å². The molecule has 1 saturated heterocycles. The monoisotopic (exact) mass is 493 g/mol. The number of halogens is 2. The van der Waals surface area contributed by atoms with Gasteiger partial charge in [-0.25, -0.2) is 13.5 Å². The summed E-state index contributed by atoms with van der Waals surface area (Å²) in [6.45, 7) is 3.70.